The van der Waals surface area contributed by atoms with E-state index in [0.717, 1.165) is 31.4 Å². The van der Waals surface area contributed by atoms with Crippen molar-refractivity contribution in [2.75, 3.05) is 13.2 Å². The van der Waals surface area contributed by atoms with Gasteiger partial charge in [0.05, 0.1) is 13.2 Å². The van der Waals surface area contributed by atoms with Crippen LogP contribution in [0.5, 0.6) is 0 Å². The van der Waals surface area contributed by atoms with E-state index >= 15 is 0 Å². The molecule has 4 heteroatoms. The topological polar surface area (TPSA) is 52.6 Å². The van der Waals surface area contributed by atoms with Crippen LogP contribution in [-0.4, -0.2) is 25.2 Å². The van der Waals surface area contributed by atoms with Gasteiger partial charge in [0, 0.05) is 12.2 Å². The molecule has 0 aliphatic heterocycles. The predicted molar refractivity (Wildman–Crippen MR) is 63.3 cm³/mol. The predicted octanol–water partition coefficient (Wildman–Crippen LogP) is 2.23. The first kappa shape index (κ1) is 13.7. The summed E-state index contributed by atoms with van der Waals surface area (Å²) >= 11 is 0. The fourth-order valence-corrected chi connectivity index (χ4v) is 1.81. The van der Waals surface area contributed by atoms with E-state index in [4.69, 9.17) is 9.47 Å². The molecule has 0 radical (unpaired) electrons. The Morgan fingerprint density at radius 1 is 1.12 bits per heavy atom. The number of carbonyl (C=O) groups is 2. The van der Waals surface area contributed by atoms with Gasteiger partial charge in [-0.05, 0) is 25.2 Å². The van der Waals surface area contributed by atoms with Crippen molar-refractivity contribution >= 4 is 11.9 Å². The van der Waals surface area contributed by atoms with Crippen LogP contribution in [-0.2, 0) is 19.1 Å². The van der Waals surface area contributed by atoms with Gasteiger partial charge in [-0.15, -0.1) is 0 Å². The van der Waals surface area contributed by atoms with Crippen molar-refractivity contribution < 1.29 is 19.1 Å². The van der Waals surface area contributed by atoms with Gasteiger partial charge in [0.2, 0.25) is 0 Å². The van der Waals surface area contributed by atoms with Crippen molar-refractivity contribution in [3.63, 3.8) is 0 Å². The van der Waals surface area contributed by atoms with Gasteiger partial charge in [-0.25, -0.2) is 9.59 Å². The molecule has 0 saturated heterocycles. The van der Waals surface area contributed by atoms with Crippen molar-refractivity contribution in [1.29, 1.82) is 0 Å². The van der Waals surface area contributed by atoms with Gasteiger partial charge < -0.3 is 9.47 Å². The van der Waals surface area contributed by atoms with Crippen molar-refractivity contribution in [1.82, 2.24) is 0 Å². The number of hydrogen-bond acceptors (Lipinski definition) is 4. The Hall–Kier alpha value is -1.32. The molecule has 17 heavy (non-hydrogen) atoms. The molecule has 0 aromatic heterocycles. The Balaban J connectivity index is 2.14. The highest BCUT2D eigenvalue weighted by atomic mass is 16.5. The fraction of sp³-hybridized carbons (Fsp3) is 0.692. The number of rotatable bonds is 6. The van der Waals surface area contributed by atoms with E-state index in [9.17, 15) is 9.59 Å². The monoisotopic (exact) mass is 240 g/mol. The Kier molecular flexibility index (Phi) is 6.37. The van der Waals surface area contributed by atoms with Gasteiger partial charge in [0.25, 0.3) is 0 Å². The molecule has 0 spiro atoms. The number of ether oxygens (including phenoxy) is 2. The number of carbonyl (C=O) groups excluding carboxylic acids is 2. The molecule has 1 rings (SSSR count). The third-order valence-corrected chi connectivity index (χ3v) is 2.74. The molecule has 0 atom stereocenters. The Labute approximate surface area is 102 Å². The van der Waals surface area contributed by atoms with Crippen molar-refractivity contribution in [3.05, 3.63) is 12.2 Å². The molecule has 0 amide bonds. The SMILES string of the molecule is CCCOC(=O)/C=C/C(=O)OCC1CCCC1. The quantitative estimate of drug-likeness (QED) is 0.527. The van der Waals surface area contributed by atoms with E-state index in [1.165, 1.54) is 12.8 Å². The molecule has 1 aliphatic carbocycles. The van der Waals surface area contributed by atoms with Gasteiger partial charge in [-0.3, -0.25) is 0 Å². The summed E-state index contributed by atoms with van der Waals surface area (Å²) in [6, 6.07) is 0. The third-order valence-electron chi connectivity index (χ3n) is 2.74. The Bertz CT molecular complexity index is 277. The first-order chi connectivity index (χ1) is 8.22. The summed E-state index contributed by atoms with van der Waals surface area (Å²) in [6.07, 6.45) is 7.74. The second-order valence-electron chi connectivity index (χ2n) is 4.28. The van der Waals surface area contributed by atoms with E-state index < -0.39 is 11.9 Å². The molecule has 96 valence electrons. The maximum Gasteiger partial charge on any atom is 0.331 e. The Morgan fingerprint density at radius 3 is 2.29 bits per heavy atom. The smallest absolute Gasteiger partial charge is 0.331 e. The summed E-state index contributed by atoms with van der Waals surface area (Å²) in [4.78, 5) is 22.3. The molecular formula is C13H20O4. The minimum absolute atomic E-state index is 0.375. The second kappa shape index (κ2) is 7.87. The van der Waals surface area contributed by atoms with Crippen molar-refractivity contribution in [2.45, 2.75) is 39.0 Å². The maximum atomic E-state index is 11.3. The fourth-order valence-electron chi connectivity index (χ4n) is 1.81. The molecule has 1 aliphatic rings. The van der Waals surface area contributed by atoms with Crippen LogP contribution in [0.2, 0.25) is 0 Å². The minimum atomic E-state index is -0.496. The highest BCUT2D eigenvalue weighted by molar-refractivity contribution is 5.91. The van der Waals surface area contributed by atoms with E-state index in [1.54, 1.807) is 0 Å². The van der Waals surface area contributed by atoms with Crippen LogP contribution in [0.3, 0.4) is 0 Å². The molecule has 0 heterocycles. The number of hydrogen-bond donors (Lipinski definition) is 0. The lowest BCUT2D eigenvalue weighted by molar-refractivity contribution is -0.141. The average molecular weight is 240 g/mol. The zero-order valence-corrected chi connectivity index (χ0v) is 10.3. The molecule has 0 N–H and O–H groups in total. The molecule has 0 aromatic carbocycles. The maximum absolute atomic E-state index is 11.3. The largest absolute Gasteiger partial charge is 0.463 e. The second-order valence-corrected chi connectivity index (χ2v) is 4.28. The highest BCUT2D eigenvalue weighted by Gasteiger charge is 2.16. The molecular weight excluding hydrogens is 220 g/mol. The van der Waals surface area contributed by atoms with Gasteiger partial charge in [0.15, 0.2) is 0 Å². The summed E-state index contributed by atoms with van der Waals surface area (Å²) in [5.41, 5.74) is 0. The molecule has 1 fully saturated rings. The van der Waals surface area contributed by atoms with Crippen molar-refractivity contribution in [3.8, 4) is 0 Å². The van der Waals surface area contributed by atoms with Gasteiger partial charge in [-0.2, -0.15) is 0 Å². The van der Waals surface area contributed by atoms with Crippen LogP contribution in [0.4, 0.5) is 0 Å². The zero-order valence-electron chi connectivity index (χ0n) is 10.3. The molecule has 0 aromatic rings. The first-order valence-corrected chi connectivity index (χ1v) is 6.24. The van der Waals surface area contributed by atoms with E-state index in [2.05, 4.69) is 0 Å². The molecule has 0 unspecified atom stereocenters. The number of esters is 2. The molecule has 4 nitrogen and oxygen atoms in total. The summed E-state index contributed by atoms with van der Waals surface area (Å²) in [7, 11) is 0. The van der Waals surface area contributed by atoms with Gasteiger partial charge in [-0.1, -0.05) is 19.8 Å². The third kappa shape index (κ3) is 6.09. The zero-order chi connectivity index (χ0) is 12.5. The van der Waals surface area contributed by atoms with Gasteiger partial charge >= 0.3 is 11.9 Å². The van der Waals surface area contributed by atoms with Crippen LogP contribution in [0.25, 0.3) is 0 Å². The van der Waals surface area contributed by atoms with Crippen molar-refractivity contribution in [2.24, 2.45) is 5.92 Å². The summed E-state index contributed by atoms with van der Waals surface area (Å²) in [5, 5.41) is 0. The lowest BCUT2D eigenvalue weighted by Gasteiger charge is -2.07. The Morgan fingerprint density at radius 2 is 1.71 bits per heavy atom. The van der Waals surface area contributed by atoms with Crippen LogP contribution in [0.1, 0.15) is 39.0 Å². The average Bonchev–Trinajstić information content (AvgIpc) is 2.84. The lowest BCUT2D eigenvalue weighted by Crippen LogP contribution is -2.10. The van der Waals surface area contributed by atoms with Crippen LogP contribution in [0, 0.1) is 5.92 Å². The summed E-state index contributed by atoms with van der Waals surface area (Å²) in [5.74, 6) is -0.464. The summed E-state index contributed by atoms with van der Waals surface area (Å²) < 4.78 is 9.83. The molecule has 0 bridgehead atoms. The van der Waals surface area contributed by atoms with Crippen LogP contribution >= 0.6 is 0 Å². The minimum Gasteiger partial charge on any atom is -0.463 e. The highest BCUT2D eigenvalue weighted by Crippen LogP contribution is 2.24. The van der Waals surface area contributed by atoms with E-state index in [-0.39, 0.29) is 0 Å². The van der Waals surface area contributed by atoms with Gasteiger partial charge in [0.1, 0.15) is 0 Å². The standard InChI is InChI=1S/C13H20O4/c1-2-9-16-12(14)7-8-13(15)17-10-11-5-3-4-6-11/h7-8,11H,2-6,9-10H2,1H3/b8-7+. The normalized spacial score (nSPS) is 16.3. The van der Waals surface area contributed by atoms with E-state index in [0.29, 0.717) is 19.1 Å². The lowest BCUT2D eigenvalue weighted by atomic mass is 10.1. The first-order valence-electron chi connectivity index (χ1n) is 6.24. The van der Waals surface area contributed by atoms with Crippen LogP contribution in [0.15, 0.2) is 12.2 Å². The molecule has 1 saturated carbocycles. The summed E-state index contributed by atoms with van der Waals surface area (Å²) in [6.45, 7) is 2.75. The van der Waals surface area contributed by atoms with E-state index in [1.807, 2.05) is 6.92 Å². The van der Waals surface area contributed by atoms with Crippen LogP contribution < -0.4 is 0 Å².